The van der Waals surface area contributed by atoms with Gasteiger partial charge in [0.25, 0.3) is 5.91 Å². The second kappa shape index (κ2) is 6.89. The van der Waals surface area contributed by atoms with E-state index < -0.39 is 0 Å². The number of aryl methyl sites for hydroxylation is 4. The fourth-order valence-electron chi connectivity index (χ4n) is 2.13. The van der Waals surface area contributed by atoms with Gasteiger partial charge in [0.2, 0.25) is 0 Å². The molecular formula is C14H20BrN5O. The lowest BCUT2D eigenvalue weighted by molar-refractivity contribution is 0.0946. The van der Waals surface area contributed by atoms with Crippen LogP contribution < -0.4 is 5.32 Å². The van der Waals surface area contributed by atoms with Crippen LogP contribution in [0.5, 0.6) is 0 Å². The Hall–Kier alpha value is -1.63. The fourth-order valence-corrected chi connectivity index (χ4v) is 2.62. The lowest BCUT2D eigenvalue weighted by Gasteiger charge is -2.06. The normalized spacial score (nSPS) is 10.9. The minimum absolute atomic E-state index is 0.151. The third kappa shape index (κ3) is 3.93. The standard InChI is InChI=1S/C14H20BrN5O/c1-4-19-9-12(15)13(18-19)14(21)16-6-5-7-20-11(3)8-10(2)17-20/h8-9H,4-7H2,1-3H3,(H,16,21). The highest BCUT2D eigenvalue weighted by Crippen LogP contribution is 2.14. The second-order valence-corrected chi connectivity index (χ2v) is 5.80. The van der Waals surface area contributed by atoms with Crippen LogP contribution in [0.15, 0.2) is 16.7 Å². The van der Waals surface area contributed by atoms with Gasteiger partial charge in [0, 0.05) is 31.5 Å². The first-order valence-corrected chi connectivity index (χ1v) is 7.82. The van der Waals surface area contributed by atoms with Gasteiger partial charge >= 0.3 is 0 Å². The van der Waals surface area contributed by atoms with Gasteiger partial charge in [-0.25, -0.2) is 0 Å². The zero-order chi connectivity index (χ0) is 15.4. The topological polar surface area (TPSA) is 64.7 Å². The molecule has 0 aromatic carbocycles. The molecule has 0 spiro atoms. The van der Waals surface area contributed by atoms with Crippen LogP contribution in [-0.4, -0.2) is 32.0 Å². The summed E-state index contributed by atoms with van der Waals surface area (Å²) in [6.45, 7) is 8.13. The summed E-state index contributed by atoms with van der Waals surface area (Å²) in [5, 5.41) is 11.5. The van der Waals surface area contributed by atoms with Crippen LogP contribution in [0.1, 0.15) is 35.2 Å². The number of hydrogen-bond acceptors (Lipinski definition) is 3. The van der Waals surface area contributed by atoms with E-state index in [0.717, 1.165) is 35.4 Å². The minimum Gasteiger partial charge on any atom is -0.351 e. The van der Waals surface area contributed by atoms with Crippen molar-refractivity contribution in [1.29, 1.82) is 0 Å². The summed E-state index contributed by atoms with van der Waals surface area (Å²) in [6.07, 6.45) is 2.64. The predicted molar refractivity (Wildman–Crippen MR) is 84.3 cm³/mol. The van der Waals surface area contributed by atoms with Gasteiger partial charge in [-0.3, -0.25) is 14.2 Å². The lowest BCUT2D eigenvalue weighted by Crippen LogP contribution is -2.26. The molecule has 0 saturated carbocycles. The second-order valence-electron chi connectivity index (χ2n) is 4.94. The smallest absolute Gasteiger partial charge is 0.272 e. The van der Waals surface area contributed by atoms with Crippen molar-refractivity contribution >= 4 is 21.8 Å². The van der Waals surface area contributed by atoms with Crippen molar-refractivity contribution in [3.63, 3.8) is 0 Å². The number of carbonyl (C=O) groups excluding carboxylic acids is 1. The average molecular weight is 354 g/mol. The summed E-state index contributed by atoms with van der Waals surface area (Å²) in [7, 11) is 0. The van der Waals surface area contributed by atoms with Crippen molar-refractivity contribution in [3.8, 4) is 0 Å². The average Bonchev–Trinajstić information content (AvgIpc) is 2.97. The summed E-state index contributed by atoms with van der Waals surface area (Å²) in [5.41, 5.74) is 2.59. The molecule has 2 heterocycles. The molecule has 0 aliphatic rings. The number of carbonyl (C=O) groups is 1. The van der Waals surface area contributed by atoms with Gasteiger partial charge < -0.3 is 5.32 Å². The maximum absolute atomic E-state index is 12.0. The number of halogens is 1. The number of nitrogens with one attached hydrogen (secondary N) is 1. The maximum Gasteiger partial charge on any atom is 0.272 e. The largest absolute Gasteiger partial charge is 0.351 e. The molecule has 0 aliphatic heterocycles. The van der Waals surface area contributed by atoms with Gasteiger partial charge in [0.1, 0.15) is 0 Å². The molecule has 2 aromatic rings. The van der Waals surface area contributed by atoms with E-state index in [0.29, 0.717) is 12.2 Å². The van der Waals surface area contributed by atoms with E-state index in [1.807, 2.05) is 37.7 Å². The van der Waals surface area contributed by atoms with E-state index in [9.17, 15) is 4.79 Å². The molecule has 0 unspecified atom stereocenters. The lowest BCUT2D eigenvalue weighted by atomic mass is 10.3. The number of aromatic nitrogens is 4. The highest BCUT2D eigenvalue weighted by Gasteiger charge is 2.14. The molecule has 2 rings (SSSR count). The zero-order valence-electron chi connectivity index (χ0n) is 12.6. The van der Waals surface area contributed by atoms with Crippen LogP contribution >= 0.6 is 15.9 Å². The van der Waals surface area contributed by atoms with Crippen molar-refractivity contribution in [2.45, 2.75) is 40.3 Å². The summed E-state index contributed by atoms with van der Waals surface area (Å²) in [5.74, 6) is -0.151. The highest BCUT2D eigenvalue weighted by molar-refractivity contribution is 9.10. The van der Waals surface area contributed by atoms with E-state index in [1.54, 1.807) is 4.68 Å². The first-order valence-electron chi connectivity index (χ1n) is 7.03. The summed E-state index contributed by atoms with van der Waals surface area (Å²) in [6, 6.07) is 2.05. The summed E-state index contributed by atoms with van der Waals surface area (Å²) >= 11 is 3.36. The third-order valence-corrected chi connectivity index (χ3v) is 3.77. The van der Waals surface area contributed by atoms with Gasteiger partial charge in [-0.2, -0.15) is 10.2 Å². The van der Waals surface area contributed by atoms with E-state index in [-0.39, 0.29) is 5.91 Å². The Morgan fingerprint density at radius 1 is 1.38 bits per heavy atom. The quantitative estimate of drug-likeness (QED) is 0.810. The molecule has 21 heavy (non-hydrogen) atoms. The summed E-state index contributed by atoms with van der Waals surface area (Å²) < 4.78 is 4.42. The number of nitrogens with zero attached hydrogens (tertiary/aromatic N) is 4. The van der Waals surface area contributed by atoms with Crippen molar-refractivity contribution in [2.75, 3.05) is 6.54 Å². The van der Waals surface area contributed by atoms with E-state index in [2.05, 4.69) is 31.4 Å². The number of hydrogen-bond donors (Lipinski definition) is 1. The van der Waals surface area contributed by atoms with Crippen LogP contribution in [0.2, 0.25) is 0 Å². The van der Waals surface area contributed by atoms with Crippen molar-refractivity contribution in [3.05, 3.63) is 33.8 Å². The first kappa shape index (κ1) is 15.8. The highest BCUT2D eigenvalue weighted by atomic mass is 79.9. The molecule has 1 N–H and O–H groups in total. The predicted octanol–water partition coefficient (Wildman–Crippen LogP) is 2.30. The molecule has 0 saturated heterocycles. The molecule has 114 valence electrons. The molecule has 2 aromatic heterocycles. The molecule has 0 aliphatic carbocycles. The molecule has 0 fully saturated rings. The van der Waals surface area contributed by atoms with Crippen molar-refractivity contribution < 1.29 is 4.79 Å². The third-order valence-electron chi connectivity index (χ3n) is 3.19. The summed E-state index contributed by atoms with van der Waals surface area (Å²) in [4.78, 5) is 12.0. The van der Waals surface area contributed by atoms with Crippen LogP contribution in [0.4, 0.5) is 0 Å². The molecule has 6 nitrogen and oxygen atoms in total. The van der Waals surface area contributed by atoms with Crippen LogP contribution in [0.25, 0.3) is 0 Å². The number of rotatable bonds is 6. The monoisotopic (exact) mass is 353 g/mol. The van der Waals surface area contributed by atoms with E-state index in [1.165, 1.54) is 0 Å². The van der Waals surface area contributed by atoms with Gasteiger partial charge in [0.05, 0.1) is 10.2 Å². The SMILES string of the molecule is CCn1cc(Br)c(C(=O)NCCCn2nc(C)cc2C)n1. The molecule has 0 bridgehead atoms. The fraction of sp³-hybridized carbons (Fsp3) is 0.500. The Morgan fingerprint density at radius 3 is 2.71 bits per heavy atom. The maximum atomic E-state index is 12.0. The Labute approximate surface area is 132 Å². The van der Waals surface area contributed by atoms with E-state index in [4.69, 9.17) is 0 Å². The van der Waals surface area contributed by atoms with Gasteiger partial charge in [0.15, 0.2) is 5.69 Å². The molecule has 0 atom stereocenters. The van der Waals surface area contributed by atoms with Gasteiger partial charge in [-0.1, -0.05) is 0 Å². The Kier molecular flexibility index (Phi) is 5.17. The first-order chi connectivity index (χ1) is 10.0. The van der Waals surface area contributed by atoms with Crippen molar-refractivity contribution in [2.24, 2.45) is 0 Å². The van der Waals surface area contributed by atoms with Crippen LogP contribution in [0.3, 0.4) is 0 Å². The Morgan fingerprint density at radius 2 is 2.14 bits per heavy atom. The van der Waals surface area contributed by atoms with Crippen LogP contribution in [0, 0.1) is 13.8 Å². The zero-order valence-corrected chi connectivity index (χ0v) is 14.1. The molecule has 7 heteroatoms. The molecular weight excluding hydrogens is 334 g/mol. The molecule has 1 amide bonds. The minimum atomic E-state index is -0.151. The van der Waals surface area contributed by atoms with Gasteiger partial charge in [-0.05, 0) is 49.2 Å². The van der Waals surface area contributed by atoms with Crippen molar-refractivity contribution in [1.82, 2.24) is 24.9 Å². The Balaban J connectivity index is 1.81. The van der Waals surface area contributed by atoms with Gasteiger partial charge in [-0.15, -0.1) is 0 Å². The Bertz CT molecular complexity index is 631. The molecule has 0 radical (unpaired) electrons. The number of amides is 1. The van der Waals surface area contributed by atoms with Crippen LogP contribution in [-0.2, 0) is 13.1 Å². The van der Waals surface area contributed by atoms with E-state index >= 15 is 0 Å².